The highest BCUT2D eigenvalue weighted by Crippen LogP contribution is 2.24. The second kappa shape index (κ2) is 6.12. The third kappa shape index (κ3) is 3.82. The number of rotatable bonds is 3. The summed E-state index contributed by atoms with van der Waals surface area (Å²) in [6.45, 7) is 3.90. The van der Waals surface area contributed by atoms with Gasteiger partial charge in [0, 0.05) is 3.57 Å². The number of benzene rings is 1. The van der Waals surface area contributed by atoms with Crippen LogP contribution in [0.1, 0.15) is 13.8 Å². The molecule has 1 aromatic carbocycles. The number of carbonyl (C=O) groups is 1. The standard InChI is InChI=1S/C11H13ClINOS/c1-6(2)10(16)11(15)14-9-4-3-7(13)5-8(9)12/h3-6,10,16H,1-2H3,(H,14,15). The maximum atomic E-state index is 11.7. The van der Waals surface area contributed by atoms with Crippen LogP contribution in [0.5, 0.6) is 0 Å². The van der Waals surface area contributed by atoms with Crippen LogP contribution in [0.4, 0.5) is 5.69 Å². The van der Waals surface area contributed by atoms with Crippen molar-refractivity contribution >= 4 is 58.4 Å². The highest BCUT2D eigenvalue weighted by atomic mass is 127. The normalized spacial score (nSPS) is 12.6. The van der Waals surface area contributed by atoms with Crippen LogP contribution in [-0.4, -0.2) is 11.2 Å². The van der Waals surface area contributed by atoms with Crippen molar-refractivity contribution in [3.63, 3.8) is 0 Å². The van der Waals surface area contributed by atoms with Crippen molar-refractivity contribution in [1.82, 2.24) is 0 Å². The first kappa shape index (κ1) is 14.1. The van der Waals surface area contributed by atoms with E-state index in [1.807, 2.05) is 19.9 Å². The predicted octanol–water partition coefficient (Wildman–Crippen LogP) is 3.84. The third-order valence-electron chi connectivity index (χ3n) is 2.09. The second-order valence-electron chi connectivity index (χ2n) is 3.80. The fourth-order valence-electron chi connectivity index (χ4n) is 1.10. The maximum Gasteiger partial charge on any atom is 0.237 e. The number of carbonyl (C=O) groups excluding carboxylic acids is 1. The van der Waals surface area contributed by atoms with Gasteiger partial charge in [-0.2, -0.15) is 12.6 Å². The number of hydrogen-bond donors (Lipinski definition) is 2. The fourth-order valence-corrected chi connectivity index (χ4v) is 2.07. The monoisotopic (exact) mass is 369 g/mol. The topological polar surface area (TPSA) is 29.1 Å². The summed E-state index contributed by atoms with van der Waals surface area (Å²) in [4.78, 5) is 11.7. The van der Waals surface area contributed by atoms with Crippen LogP contribution in [-0.2, 0) is 4.79 Å². The van der Waals surface area contributed by atoms with Gasteiger partial charge >= 0.3 is 0 Å². The van der Waals surface area contributed by atoms with Crippen molar-refractivity contribution in [2.24, 2.45) is 5.92 Å². The lowest BCUT2D eigenvalue weighted by molar-refractivity contribution is -0.116. The molecule has 0 spiro atoms. The molecule has 0 bridgehead atoms. The van der Waals surface area contributed by atoms with E-state index in [0.717, 1.165) is 3.57 Å². The number of nitrogens with one attached hydrogen (secondary N) is 1. The van der Waals surface area contributed by atoms with E-state index < -0.39 is 0 Å². The molecule has 1 N–H and O–H groups in total. The summed E-state index contributed by atoms with van der Waals surface area (Å²) in [5.41, 5.74) is 0.631. The summed E-state index contributed by atoms with van der Waals surface area (Å²) in [5, 5.41) is 2.99. The van der Waals surface area contributed by atoms with Gasteiger partial charge in [-0.05, 0) is 46.7 Å². The second-order valence-corrected chi connectivity index (χ2v) is 6.01. The van der Waals surface area contributed by atoms with Crippen LogP contribution in [0.25, 0.3) is 0 Å². The van der Waals surface area contributed by atoms with E-state index in [1.54, 1.807) is 12.1 Å². The Labute approximate surface area is 120 Å². The van der Waals surface area contributed by atoms with Crippen molar-refractivity contribution in [3.8, 4) is 0 Å². The van der Waals surface area contributed by atoms with E-state index in [9.17, 15) is 4.79 Å². The van der Waals surface area contributed by atoms with Crippen molar-refractivity contribution in [2.45, 2.75) is 19.1 Å². The minimum atomic E-state index is -0.324. The van der Waals surface area contributed by atoms with Gasteiger partial charge in [-0.1, -0.05) is 25.4 Å². The quantitative estimate of drug-likeness (QED) is 0.615. The summed E-state index contributed by atoms with van der Waals surface area (Å²) in [6.07, 6.45) is 0. The number of thiol groups is 1. The summed E-state index contributed by atoms with van der Waals surface area (Å²) in [5.74, 6) is 0.0624. The lowest BCUT2D eigenvalue weighted by atomic mass is 10.1. The Morgan fingerprint density at radius 2 is 2.12 bits per heavy atom. The van der Waals surface area contributed by atoms with E-state index >= 15 is 0 Å². The van der Waals surface area contributed by atoms with Crippen molar-refractivity contribution in [2.75, 3.05) is 5.32 Å². The zero-order valence-corrected chi connectivity index (χ0v) is 12.8. The predicted molar refractivity (Wildman–Crippen MR) is 80.4 cm³/mol. The molecule has 88 valence electrons. The van der Waals surface area contributed by atoms with Gasteiger partial charge in [0.1, 0.15) is 0 Å². The molecule has 0 saturated heterocycles. The van der Waals surface area contributed by atoms with E-state index in [0.29, 0.717) is 10.7 Å². The molecule has 2 nitrogen and oxygen atoms in total. The third-order valence-corrected chi connectivity index (χ3v) is 3.90. The molecule has 1 unspecified atom stereocenters. The Balaban J connectivity index is 2.77. The molecule has 0 aromatic heterocycles. The molecule has 1 amide bonds. The fraction of sp³-hybridized carbons (Fsp3) is 0.364. The van der Waals surface area contributed by atoms with Gasteiger partial charge in [0.25, 0.3) is 0 Å². The maximum absolute atomic E-state index is 11.7. The van der Waals surface area contributed by atoms with E-state index in [-0.39, 0.29) is 17.1 Å². The smallest absolute Gasteiger partial charge is 0.237 e. The Kier molecular flexibility index (Phi) is 5.40. The van der Waals surface area contributed by atoms with Crippen molar-refractivity contribution < 1.29 is 4.79 Å². The van der Waals surface area contributed by atoms with Crippen molar-refractivity contribution in [1.29, 1.82) is 0 Å². The minimum Gasteiger partial charge on any atom is -0.324 e. The molecular formula is C11H13ClINOS. The Morgan fingerprint density at radius 3 is 2.62 bits per heavy atom. The van der Waals surface area contributed by atoms with Crippen molar-refractivity contribution in [3.05, 3.63) is 26.8 Å². The molecule has 1 rings (SSSR count). The Morgan fingerprint density at radius 1 is 1.50 bits per heavy atom. The molecule has 5 heteroatoms. The van der Waals surface area contributed by atoms with Crippen LogP contribution < -0.4 is 5.32 Å². The molecule has 16 heavy (non-hydrogen) atoms. The summed E-state index contributed by atoms with van der Waals surface area (Å²) >= 11 is 12.4. The first-order valence-corrected chi connectivity index (χ1v) is 6.83. The molecule has 0 aliphatic carbocycles. The Bertz CT molecular complexity index is 398. The van der Waals surface area contributed by atoms with Gasteiger partial charge in [-0.3, -0.25) is 4.79 Å². The van der Waals surface area contributed by atoms with Crippen LogP contribution in [0.15, 0.2) is 18.2 Å². The average molecular weight is 370 g/mol. The molecule has 0 aliphatic rings. The molecule has 1 aromatic rings. The van der Waals surface area contributed by atoms with E-state index in [2.05, 4.69) is 40.5 Å². The first-order valence-electron chi connectivity index (χ1n) is 4.86. The highest BCUT2D eigenvalue weighted by Gasteiger charge is 2.18. The molecule has 0 saturated carbocycles. The molecule has 0 radical (unpaired) electrons. The van der Waals surface area contributed by atoms with Crippen LogP contribution >= 0.6 is 46.8 Å². The highest BCUT2D eigenvalue weighted by molar-refractivity contribution is 14.1. The largest absolute Gasteiger partial charge is 0.324 e. The molecule has 1 atom stereocenters. The molecule has 0 heterocycles. The average Bonchev–Trinajstić information content (AvgIpc) is 2.20. The van der Waals surface area contributed by atoms with E-state index in [1.165, 1.54) is 0 Å². The molecule has 0 aliphatic heterocycles. The van der Waals surface area contributed by atoms with Crippen LogP contribution in [0, 0.1) is 9.49 Å². The summed E-state index contributed by atoms with van der Waals surface area (Å²) < 4.78 is 1.03. The lowest BCUT2D eigenvalue weighted by Gasteiger charge is -2.15. The Hall–Kier alpha value is 0.0600. The van der Waals surface area contributed by atoms with Crippen LogP contribution in [0.3, 0.4) is 0 Å². The SMILES string of the molecule is CC(C)C(S)C(=O)Nc1ccc(I)cc1Cl. The number of halogens is 2. The number of hydrogen-bond acceptors (Lipinski definition) is 2. The van der Waals surface area contributed by atoms with Gasteiger partial charge < -0.3 is 5.32 Å². The zero-order valence-electron chi connectivity index (χ0n) is 9.00. The first-order chi connectivity index (χ1) is 7.41. The summed E-state index contributed by atoms with van der Waals surface area (Å²) in [6, 6.07) is 5.49. The minimum absolute atomic E-state index is 0.124. The zero-order chi connectivity index (χ0) is 12.3. The van der Waals surface area contributed by atoms with Gasteiger partial charge in [0.05, 0.1) is 16.0 Å². The molecular weight excluding hydrogens is 357 g/mol. The van der Waals surface area contributed by atoms with Gasteiger partial charge in [0.15, 0.2) is 0 Å². The van der Waals surface area contributed by atoms with Gasteiger partial charge in [0.2, 0.25) is 5.91 Å². The summed E-state index contributed by atoms with van der Waals surface area (Å²) in [7, 11) is 0. The number of amides is 1. The lowest BCUT2D eigenvalue weighted by Crippen LogP contribution is -2.27. The molecule has 0 fully saturated rings. The van der Waals surface area contributed by atoms with Gasteiger partial charge in [-0.15, -0.1) is 0 Å². The van der Waals surface area contributed by atoms with E-state index in [4.69, 9.17) is 11.6 Å². The van der Waals surface area contributed by atoms with Crippen LogP contribution in [0.2, 0.25) is 5.02 Å². The number of anilines is 1. The van der Waals surface area contributed by atoms with Gasteiger partial charge in [-0.25, -0.2) is 0 Å².